The molecule has 19 heavy (non-hydrogen) atoms. The summed E-state index contributed by atoms with van der Waals surface area (Å²) in [5, 5.41) is 0. The van der Waals surface area contributed by atoms with Crippen molar-refractivity contribution in [3.05, 3.63) is 0 Å². The molecule has 1 fully saturated rings. The Balaban J connectivity index is 2.15. The summed E-state index contributed by atoms with van der Waals surface area (Å²) >= 11 is 0. The predicted molar refractivity (Wildman–Crippen MR) is 57.4 cm³/mol. The van der Waals surface area contributed by atoms with Crippen LogP contribution < -0.4 is 0 Å². The topological polar surface area (TPSA) is 68.2 Å². The fourth-order valence-electron chi connectivity index (χ4n) is 1.51. The number of halogens is 3. The number of amides is 1. The molecule has 0 aromatic heterocycles. The van der Waals surface area contributed by atoms with Gasteiger partial charge in [0.2, 0.25) is 0 Å². The Morgan fingerprint density at radius 1 is 1.42 bits per heavy atom. The van der Waals surface area contributed by atoms with Crippen LogP contribution in [0.3, 0.4) is 0 Å². The number of ether oxygens (including phenoxy) is 2. The maximum absolute atomic E-state index is 11.6. The summed E-state index contributed by atoms with van der Waals surface area (Å²) in [7, 11) is 1.45. The van der Waals surface area contributed by atoms with Gasteiger partial charge >= 0.3 is 18.4 Å². The van der Waals surface area contributed by atoms with Crippen LogP contribution in [0.5, 0.6) is 0 Å². The summed E-state index contributed by atoms with van der Waals surface area (Å²) in [6, 6.07) is -0.622. The number of nitrogens with zero attached hydrogens (tertiary/aromatic N) is 2. The first kappa shape index (κ1) is 15.3. The minimum atomic E-state index is -4.72. The molecule has 1 rings (SSSR count). The van der Waals surface area contributed by atoms with Crippen LogP contribution >= 0.6 is 0 Å². The van der Waals surface area contributed by atoms with E-state index in [9.17, 15) is 22.8 Å². The molecule has 1 unspecified atom stereocenters. The van der Waals surface area contributed by atoms with Crippen LogP contribution in [0.2, 0.25) is 0 Å². The van der Waals surface area contributed by atoms with Crippen molar-refractivity contribution in [1.29, 1.82) is 0 Å². The van der Waals surface area contributed by atoms with E-state index in [1.165, 1.54) is 11.9 Å². The molecule has 1 saturated heterocycles. The van der Waals surface area contributed by atoms with Crippen molar-refractivity contribution in [1.82, 2.24) is 4.90 Å². The molecule has 0 radical (unpaired) electrons. The van der Waals surface area contributed by atoms with Gasteiger partial charge in [0, 0.05) is 13.6 Å². The molecule has 0 saturated carbocycles. The summed E-state index contributed by atoms with van der Waals surface area (Å²) in [6.45, 7) is 0.148. The highest BCUT2D eigenvalue weighted by Gasteiger charge is 2.37. The number of carbonyl (C=O) groups excluding carboxylic acids is 2. The highest BCUT2D eigenvalue weighted by Crippen LogP contribution is 2.17. The van der Waals surface area contributed by atoms with Crippen LogP contribution in [0.25, 0.3) is 0 Å². The van der Waals surface area contributed by atoms with E-state index in [0.717, 1.165) is 0 Å². The quantitative estimate of drug-likeness (QED) is 0.244. The zero-order valence-electron chi connectivity index (χ0n) is 10.1. The number of esters is 1. The van der Waals surface area contributed by atoms with Gasteiger partial charge in [-0.2, -0.15) is 0 Å². The molecule has 1 aliphatic rings. The van der Waals surface area contributed by atoms with E-state index in [0.29, 0.717) is 25.7 Å². The fourth-order valence-corrected chi connectivity index (χ4v) is 1.51. The van der Waals surface area contributed by atoms with Crippen molar-refractivity contribution in [2.45, 2.75) is 31.7 Å². The van der Waals surface area contributed by atoms with Crippen molar-refractivity contribution in [2.75, 3.05) is 13.6 Å². The third kappa shape index (κ3) is 5.14. The molecule has 108 valence electrons. The third-order valence-electron chi connectivity index (χ3n) is 2.49. The monoisotopic (exact) mass is 282 g/mol. The second-order valence-corrected chi connectivity index (χ2v) is 3.88. The predicted octanol–water partition coefficient (Wildman–Crippen LogP) is 1.70. The molecule has 6 nitrogen and oxygen atoms in total. The van der Waals surface area contributed by atoms with Gasteiger partial charge in [0.05, 0.1) is 0 Å². The lowest BCUT2D eigenvalue weighted by molar-refractivity contribution is -0.280. The minimum Gasteiger partial charge on any atom is -0.395 e. The van der Waals surface area contributed by atoms with Crippen molar-refractivity contribution in [3.8, 4) is 0 Å². The van der Waals surface area contributed by atoms with Gasteiger partial charge in [-0.25, -0.2) is 9.59 Å². The number of hydrogen-bond acceptors (Lipinski definition) is 5. The van der Waals surface area contributed by atoms with E-state index >= 15 is 0 Å². The molecule has 0 N–H and O–H groups in total. The van der Waals surface area contributed by atoms with E-state index in [-0.39, 0.29) is 6.54 Å². The highest BCUT2D eigenvalue weighted by atomic mass is 19.4. The highest BCUT2D eigenvalue weighted by molar-refractivity contribution is 5.95. The number of carbonyl (C=O) groups is 2. The molecular weight excluding hydrogens is 269 g/mol. The van der Waals surface area contributed by atoms with Gasteiger partial charge in [-0.3, -0.25) is 9.89 Å². The third-order valence-corrected chi connectivity index (χ3v) is 2.49. The molecule has 0 bridgehead atoms. The van der Waals surface area contributed by atoms with E-state index in [2.05, 4.69) is 14.5 Å². The maximum atomic E-state index is 11.6. The first-order chi connectivity index (χ1) is 8.81. The summed E-state index contributed by atoms with van der Waals surface area (Å²) < 4.78 is 42.4. The summed E-state index contributed by atoms with van der Waals surface area (Å²) in [5.41, 5.74) is 0. The molecule has 1 atom stereocenters. The molecule has 1 heterocycles. The fraction of sp³-hybridized carbons (Fsp3) is 0.700. The van der Waals surface area contributed by atoms with Crippen molar-refractivity contribution >= 4 is 18.5 Å². The van der Waals surface area contributed by atoms with Gasteiger partial charge in [0.15, 0.2) is 6.40 Å². The number of alkyl halides is 3. The molecule has 1 aliphatic heterocycles. The number of unbranched alkanes of at least 4 members (excludes halogenated alkanes) is 1. The van der Waals surface area contributed by atoms with Crippen LogP contribution in [0.15, 0.2) is 4.99 Å². The lowest BCUT2D eigenvalue weighted by Gasteiger charge is -2.13. The first-order valence-electron chi connectivity index (χ1n) is 5.52. The lowest BCUT2D eigenvalue weighted by Crippen LogP contribution is -2.31. The van der Waals surface area contributed by atoms with Crippen LogP contribution in [0.1, 0.15) is 19.3 Å². The maximum Gasteiger partial charge on any atom is 0.573 e. The Morgan fingerprint density at radius 3 is 2.63 bits per heavy atom. The normalized spacial score (nSPS) is 20.2. The second-order valence-electron chi connectivity index (χ2n) is 3.88. The van der Waals surface area contributed by atoms with Gasteiger partial charge in [0.1, 0.15) is 6.04 Å². The Bertz CT molecular complexity index is 370. The molecule has 0 spiro atoms. The zero-order chi connectivity index (χ0) is 14.5. The van der Waals surface area contributed by atoms with E-state index in [4.69, 9.17) is 0 Å². The van der Waals surface area contributed by atoms with Crippen LogP contribution in [0, 0.1) is 0 Å². The Labute approximate surface area is 107 Å². The lowest BCUT2D eigenvalue weighted by atomic mass is 10.1. The average molecular weight is 282 g/mol. The Morgan fingerprint density at radius 2 is 2.11 bits per heavy atom. The van der Waals surface area contributed by atoms with E-state index in [1.807, 2.05) is 0 Å². The number of rotatable bonds is 6. The average Bonchev–Trinajstić information content (AvgIpc) is 2.52. The Kier molecular flexibility index (Phi) is 5.13. The van der Waals surface area contributed by atoms with Crippen LogP contribution in [-0.2, 0) is 14.3 Å². The van der Waals surface area contributed by atoms with Gasteiger partial charge in [-0.1, -0.05) is 0 Å². The number of hydrogen-bond donors (Lipinski definition) is 0. The van der Waals surface area contributed by atoms with Gasteiger partial charge < -0.3 is 9.47 Å². The molecule has 9 heteroatoms. The smallest absolute Gasteiger partial charge is 0.395 e. The van der Waals surface area contributed by atoms with E-state index < -0.39 is 24.5 Å². The number of likely N-dealkylation sites (N-methyl/N-ethyl adjacent to an activating group) is 1. The molecular formula is C10H13F3N2O4. The van der Waals surface area contributed by atoms with Crippen molar-refractivity contribution in [3.63, 3.8) is 0 Å². The molecule has 0 aliphatic carbocycles. The standard InChI is InChI=1S/C10H13F3N2O4/c1-15-7(8(16)19-9(15)17)4-2-3-5-14-6-18-10(11,12)13/h6-7H,2-5H2,1H3. The summed E-state index contributed by atoms with van der Waals surface area (Å²) in [6.07, 6.45) is -3.67. The first-order valence-corrected chi connectivity index (χ1v) is 5.52. The number of cyclic esters (lactones) is 2. The number of aliphatic imine (C=N–C) groups is 1. The molecule has 1 amide bonds. The van der Waals surface area contributed by atoms with Crippen LogP contribution in [-0.4, -0.2) is 49.4 Å². The molecule has 0 aromatic carbocycles. The summed E-state index contributed by atoms with van der Waals surface area (Å²) in [5.74, 6) is -0.601. The Hall–Kier alpha value is -1.80. The zero-order valence-corrected chi connectivity index (χ0v) is 10.1. The van der Waals surface area contributed by atoms with Gasteiger partial charge in [-0.15, -0.1) is 13.2 Å². The van der Waals surface area contributed by atoms with Crippen molar-refractivity contribution in [2.24, 2.45) is 4.99 Å². The minimum absolute atomic E-state index is 0.148. The van der Waals surface area contributed by atoms with Gasteiger partial charge in [0.25, 0.3) is 0 Å². The largest absolute Gasteiger partial charge is 0.573 e. The second kappa shape index (κ2) is 6.39. The molecule has 0 aromatic rings. The van der Waals surface area contributed by atoms with Crippen molar-refractivity contribution < 1.29 is 32.2 Å². The van der Waals surface area contributed by atoms with Crippen LogP contribution in [0.4, 0.5) is 18.0 Å². The van der Waals surface area contributed by atoms with Gasteiger partial charge in [-0.05, 0) is 19.3 Å². The van der Waals surface area contributed by atoms with E-state index in [1.54, 1.807) is 0 Å². The summed E-state index contributed by atoms with van der Waals surface area (Å²) in [4.78, 5) is 26.8. The SMILES string of the molecule is CN1C(=O)OC(=O)C1CCCCN=COC(F)(F)F.